The fourth-order valence-electron chi connectivity index (χ4n) is 3.19. The third kappa shape index (κ3) is 4.16. The number of aryl methyl sites for hydroxylation is 1. The van der Waals surface area contributed by atoms with Crippen molar-refractivity contribution in [2.45, 2.75) is 26.8 Å². The zero-order valence-corrected chi connectivity index (χ0v) is 16.5. The van der Waals surface area contributed by atoms with Crippen molar-refractivity contribution in [2.24, 2.45) is 0 Å². The smallest absolute Gasteiger partial charge is 0.320 e. The van der Waals surface area contributed by atoms with Crippen LogP contribution in [0, 0.1) is 10.1 Å². The van der Waals surface area contributed by atoms with E-state index in [1.807, 2.05) is 17.7 Å². The van der Waals surface area contributed by atoms with Gasteiger partial charge in [-0.1, -0.05) is 6.07 Å². The summed E-state index contributed by atoms with van der Waals surface area (Å²) < 4.78 is 18.1. The zero-order chi connectivity index (χ0) is 21.0. The number of aromatic nitrogens is 1. The molecule has 0 aliphatic rings. The Bertz CT molecular complexity index is 1060. The minimum absolute atomic E-state index is 0.0983. The van der Waals surface area contributed by atoms with Gasteiger partial charge in [-0.05, 0) is 49.7 Å². The zero-order valence-electron chi connectivity index (χ0n) is 16.5. The van der Waals surface area contributed by atoms with E-state index in [4.69, 9.17) is 14.2 Å². The van der Waals surface area contributed by atoms with Crippen molar-refractivity contribution in [2.75, 3.05) is 13.7 Å². The first kappa shape index (κ1) is 20.2. The molecule has 8 nitrogen and oxygen atoms in total. The summed E-state index contributed by atoms with van der Waals surface area (Å²) in [5.41, 5.74) is 1.35. The fourth-order valence-corrected chi connectivity index (χ4v) is 3.19. The van der Waals surface area contributed by atoms with E-state index < -0.39 is 4.92 Å². The molecule has 0 N–H and O–H groups in total. The van der Waals surface area contributed by atoms with Crippen LogP contribution in [0.3, 0.4) is 0 Å². The summed E-state index contributed by atoms with van der Waals surface area (Å²) in [5, 5.41) is 12.3. The van der Waals surface area contributed by atoms with E-state index >= 15 is 0 Å². The van der Waals surface area contributed by atoms with Gasteiger partial charge in [0.25, 0.3) is 0 Å². The highest BCUT2D eigenvalue weighted by atomic mass is 16.6. The normalized spacial score (nSPS) is 10.7. The molecule has 8 heteroatoms. The minimum Gasteiger partial charge on any atom is -0.493 e. The molecule has 0 aliphatic heterocycles. The van der Waals surface area contributed by atoms with Gasteiger partial charge in [-0.25, -0.2) is 0 Å². The van der Waals surface area contributed by atoms with Crippen molar-refractivity contribution in [3.05, 3.63) is 58.3 Å². The molecule has 0 spiro atoms. The van der Waals surface area contributed by atoms with Gasteiger partial charge in [0.2, 0.25) is 5.75 Å². The Morgan fingerprint density at radius 2 is 1.86 bits per heavy atom. The molecular formula is C21H22N2O6. The lowest BCUT2D eigenvalue weighted by Gasteiger charge is -2.12. The van der Waals surface area contributed by atoms with Gasteiger partial charge in [-0.3, -0.25) is 14.9 Å². The predicted octanol–water partition coefficient (Wildman–Crippen LogP) is 4.48. The first-order valence-corrected chi connectivity index (χ1v) is 9.25. The van der Waals surface area contributed by atoms with Crippen LogP contribution in [0.15, 0.2) is 42.6 Å². The van der Waals surface area contributed by atoms with Crippen molar-refractivity contribution in [1.82, 2.24) is 4.57 Å². The van der Waals surface area contributed by atoms with Gasteiger partial charge in [-0.2, -0.15) is 0 Å². The quantitative estimate of drug-likeness (QED) is 0.316. The molecule has 0 atom stereocenters. The molecule has 0 unspecified atom stereocenters. The lowest BCUT2D eigenvalue weighted by molar-refractivity contribution is -0.383. The molecule has 152 valence electrons. The monoisotopic (exact) mass is 398 g/mol. The number of nitro groups is 1. The molecule has 0 radical (unpaired) electrons. The summed E-state index contributed by atoms with van der Waals surface area (Å²) in [7, 11) is 1.47. The second kappa shape index (κ2) is 8.64. The molecule has 0 amide bonds. The maximum Gasteiger partial charge on any atom is 0.320 e. The van der Waals surface area contributed by atoms with Crippen LogP contribution >= 0.6 is 0 Å². The lowest BCUT2D eigenvalue weighted by atomic mass is 10.1. The van der Waals surface area contributed by atoms with Crippen LogP contribution in [0.25, 0.3) is 10.9 Å². The van der Waals surface area contributed by atoms with Crippen LogP contribution in [-0.2, 0) is 22.5 Å². The molecular weight excluding hydrogens is 376 g/mol. The van der Waals surface area contributed by atoms with Crippen LogP contribution < -0.4 is 9.47 Å². The van der Waals surface area contributed by atoms with Crippen molar-refractivity contribution in [1.29, 1.82) is 0 Å². The summed E-state index contributed by atoms with van der Waals surface area (Å²) in [6.07, 6.45) is 1.91. The van der Waals surface area contributed by atoms with E-state index in [1.165, 1.54) is 7.11 Å². The van der Waals surface area contributed by atoms with Crippen LogP contribution in [0.5, 0.6) is 17.2 Å². The SMILES string of the molecule is CCOC(=O)Cc1ccc(Oc2ccc3c(ccn3CC)c2[N+](=O)[O-])c(OC)c1. The van der Waals surface area contributed by atoms with Crippen molar-refractivity contribution < 1.29 is 23.9 Å². The molecule has 0 saturated carbocycles. The van der Waals surface area contributed by atoms with Crippen LogP contribution in [-0.4, -0.2) is 29.2 Å². The standard InChI is InChI=1S/C21H22N2O6/c1-4-22-11-10-15-16(22)7-9-18(21(15)23(25)26)29-17-8-6-14(12-19(17)27-3)13-20(24)28-5-2/h6-12H,4-5,13H2,1-3H3. The minimum atomic E-state index is -0.445. The first-order valence-electron chi connectivity index (χ1n) is 9.25. The number of benzene rings is 2. The molecule has 3 aromatic rings. The number of rotatable bonds is 8. The predicted molar refractivity (Wildman–Crippen MR) is 108 cm³/mol. The number of hydrogen-bond acceptors (Lipinski definition) is 6. The highest BCUT2D eigenvalue weighted by Crippen LogP contribution is 2.41. The Morgan fingerprint density at radius 3 is 2.52 bits per heavy atom. The molecule has 1 heterocycles. The van der Waals surface area contributed by atoms with Crippen molar-refractivity contribution in [3.8, 4) is 17.2 Å². The van der Waals surface area contributed by atoms with Crippen LogP contribution in [0.1, 0.15) is 19.4 Å². The highest BCUT2D eigenvalue weighted by molar-refractivity contribution is 5.92. The van der Waals surface area contributed by atoms with Gasteiger partial charge in [0.1, 0.15) is 0 Å². The third-order valence-corrected chi connectivity index (χ3v) is 4.51. The average Bonchev–Trinajstić information content (AvgIpc) is 3.11. The number of esters is 1. The number of ether oxygens (including phenoxy) is 3. The van der Waals surface area contributed by atoms with Crippen molar-refractivity contribution in [3.63, 3.8) is 0 Å². The lowest BCUT2D eigenvalue weighted by Crippen LogP contribution is -2.07. The number of hydrogen-bond donors (Lipinski definition) is 0. The second-order valence-corrected chi connectivity index (χ2v) is 6.27. The van der Waals surface area contributed by atoms with Crippen molar-refractivity contribution >= 4 is 22.6 Å². The van der Waals surface area contributed by atoms with E-state index in [1.54, 1.807) is 43.3 Å². The van der Waals surface area contributed by atoms with Gasteiger partial charge < -0.3 is 18.8 Å². The Kier molecular flexibility index (Phi) is 6.01. The van der Waals surface area contributed by atoms with Gasteiger partial charge in [0.15, 0.2) is 11.5 Å². The molecule has 0 saturated heterocycles. The summed E-state index contributed by atoms with van der Waals surface area (Å²) >= 11 is 0. The molecule has 0 bridgehead atoms. The average molecular weight is 398 g/mol. The van der Waals surface area contributed by atoms with Crippen LogP contribution in [0.2, 0.25) is 0 Å². The van der Waals surface area contributed by atoms with E-state index in [-0.39, 0.29) is 23.8 Å². The molecule has 0 aliphatic carbocycles. The van der Waals surface area contributed by atoms with Gasteiger partial charge >= 0.3 is 11.7 Å². The summed E-state index contributed by atoms with van der Waals surface area (Å²) in [6, 6.07) is 10.1. The first-order chi connectivity index (χ1) is 14.0. The van der Waals surface area contributed by atoms with Gasteiger partial charge in [0, 0.05) is 12.7 Å². The van der Waals surface area contributed by atoms with Gasteiger partial charge in [0.05, 0.1) is 36.0 Å². The second-order valence-electron chi connectivity index (χ2n) is 6.27. The fraction of sp³-hybridized carbons (Fsp3) is 0.286. The van der Waals surface area contributed by atoms with E-state index in [0.717, 1.165) is 5.52 Å². The number of nitro benzene ring substituents is 1. The highest BCUT2D eigenvalue weighted by Gasteiger charge is 2.23. The number of fused-ring (bicyclic) bond motifs is 1. The maximum absolute atomic E-state index is 11.7. The summed E-state index contributed by atoms with van der Waals surface area (Å²) in [5.74, 6) is 0.461. The van der Waals surface area contributed by atoms with Crippen LogP contribution in [0.4, 0.5) is 5.69 Å². The molecule has 2 aromatic carbocycles. The maximum atomic E-state index is 11.7. The number of methoxy groups -OCH3 is 1. The Labute approximate surface area is 167 Å². The number of nitrogens with zero attached hydrogens (tertiary/aromatic N) is 2. The third-order valence-electron chi connectivity index (χ3n) is 4.51. The summed E-state index contributed by atoms with van der Waals surface area (Å²) in [4.78, 5) is 23.0. The topological polar surface area (TPSA) is 92.8 Å². The summed E-state index contributed by atoms with van der Waals surface area (Å²) in [6.45, 7) is 4.73. The van der Waals surface area contributed by atoms with Gasteiger partial charge in [-0.15, -0.1) is 0 Å². The van der Waals surface area contributed by atoms with E-state index in [2.05, 4.69) is 0 Å². The Morgan fingerprint density at radius 1 is 1.10 bits per heavy atom. The molecule has 3 rings (SSSR count). The number of carbonyl (C=O) groups excluding carboxylic acids is 1. The van der Waals surface area contributed by atoms with E-state index in [0.29, 0.717) is 35.6 Å². The number of carbonyl (C=O) groups is 1. The molecule has 1 aromatic heterocycles. The Balaban J connectivity index is 1.97. The molecule has 0 fully saturated rings. The van der Waals surface area contributed by atoms with E-state index in [9.17, 15) is 14.9 Å². The largest absolute Gasteiger partial charge is 0.493 e. The molecule has 29 heavy (non-hydrogen) atoms. The Hall–Kier alpha value is -3.55.